The minimum Gasteiger partial charge on any atom is -0.384 e. The Morgan fingerprint density at radius 1 is 1.53 bits per heavy atom. The van der Waals surface area contributed by atoms with Crippen molar-refractivity contribution in [3.63, 3.8) is 0 Å². The summed E-state index contributed by atoms with van der Waals surface area (Å²) >= 11 is 4.74. The summed E-state index contributed by atoms with van der Waals surface area (Å²) in [4.78, 5) is 0.838. The van der Waals surface area contributed by atoms with Crippen molar-refractivity contribution >= 4 is 33.5 Å². The Balaban J connectivity index is 2.43. The molecule has 0 aliphatic rings. The molecule has 2 rings (SSSR count). The van der Waals surface area contributed by atoms with E-state index in [1.807, 2.05) is 18.2 Å². The number of nitrogen functional groups attached to an aromatic ring is 1. The summed E-state index contributed by atoms with van der Waals surface area (Å²) in [7, 11) is 1.76. The Morgan fingerprint density at radius 3 is 2.88 bits per heavy atom. The van der Waals surface area contributed by atoms with Crippen LogP contribution in [0.1, 0.15) is 5.56 Å². The molecule has 1 aromatic carbocycles. The van der Waals surface area contributed by atoms with E-state index in [2.05, 4.69) is 31.5 Å². The van der Waals surface area contributed by atoms with Gasteiger partial charge in [0.05, 0.1) is 0 Å². The predicted molar refractivity (Wildman–Crippen MR) is 68.1 cm³/mol. The molecule has 2 aromatic rings. The van der Waals surface area contributed by atoms with Crippen LogP contribution in [-0.4, -0.2) is 26.0 Å². The Labute approximate surface area is 110 Å². The van der Waals surface area contributed by atoms with Crippen LogP contribution in [0, 0.1) is 5.41 Å². The Bertz CT molecular complexity index is 566. The van der Waals surface area contributed by atoms with E-state index in [1.165, 1.54) is 11.8 Å². The number of amidine groups is 1. The zero-order chi connectivity index (χ0) is 12.4. The summed E-state index contributed by atoms with van der Waals surface area (Å²) in [5, 5.41) is 19.4. The van der Waals surface area contributed by atoms with E-state index >= 15 is 0 Å². The van der Waals surface area contributed by atoms with Crippen molar-refractivity contribution in [2.45, 2.75) is 10.1 Å². The molecule has 0 fully saturated rings. The lowest BCUT2D eigenvalue weighted by molar-refractivity contribution is 0.664. The monoisotopic (exact) mass is 312 g/mol. The van der Waals surface area contributed by atoms with Crippen LogP contribution >= 0.6 is 27.7 Å². The van der Waals surface area contributed by atoms with Crippen molar-refractivity contribution < 1.29 is 0 Å². The van der Waals surface area contributed by atoms with Gasteiger partial charge in [0.1, 0.15) is 5.84 Å². The quantitative estimate of drug-likeness (QED) is 0.660. The van der Waals surface area contributed by atoms with Gasteiger partial charge in [0.25, 0.3) is 0 Å². The third-order valence-electron chi connectivity index (χ3n) is 2.03. The molecule has 0 saturated heterocycles. The van der Waals surface area contributed by atoms with E-state index in [0.29, 0.717) is 10.7 Å². The molecule has 8 heteroatoms. The number of benzene rings is 1. The summed E-state index contributed by atoms with van der Waals surface area (Å²) in [6, 6.07) is 5.60. The number of tetrazole rings is 1. The number of nitrogens with two attached hydrogens (primary N) is 1. The average molecular weight is 313 g/mol. The van der Waals surface area contributed by atoms with E-state index in [1.54, 1.807) is 11.7 Å². The van der Waals surface area contributed by atoms with Gasteiger partial charge in [-0.25, -0.2) is 4.68 Å². The first-order valence-corrected chi connectivity index (χ1v) is 6.23. The fraction of sp³-hybridized carbons (Fsp3) is 0.111. The lowest BCUT2D eigenvalue weighted by Crippen LogP contribution is -2.13. The molecular formula is C9H9BrN6S. The third kappa shape index (κ3) is 2.47. The average Bonchev–Trinajstić information content (AvgIpc) is 2.64. The first kappa shape index (κ1) is 12.1. The number of rotatable bonds is 3. The highest BCUT2D eigenvalue weighted by molar-refractivity contribution is 9.10. The number of aryl methyl sites for hydroxylation is 1. The molecule has 1 heterocycles. The maximum absolute atomic E-state index is 7.58. The van der Waals surface area contributed by atoms with E-state index in [0.717, 1.165) is 9.37 Å². The maximum atomic E-state index is 7.58. The van der Waals surface area contributed by atoms with Crippen LogP contribution in [0.15, 0.2) is 32.7 Å². The Kier molecular flexibility index (Phi) is 3.43. The second kappa shape index (κ2) is 4.84. The second-order valence-corrected chi connectivity index (χ2v) is 5.08. The second-order valence-electron chi connectivity index (χ2n) is 3.21. The van der Waals surface area contributed by atoms with Gasteiger partial charge in [0.2, 0.25) is 5.16 Å². The minimum atomic E-state index is 0.00935. The molecule has 88 valence electrons. The fourth-order valence-electron chi connectivity index (χ4n) is 1.26. The van der Waals surface area contributed by atoms with Gasteiger partial charge in [0, 0.05) is 22.0 Å². The number of hydrogen-bond donors (Lipinski definition) is 2. The van der Waals surface area contributed by atoms with Crippen molar-refractivity contribution in [3.8, 4) is 0 Å². The number of nitrogens with one attached hydrogen (secondary N) is 1. The first-order valence-electron chi connectivity index (χ1n) is 4.62. The van der Waals surface area contributed by atoms with Crippen molar-refractivity contribution in [2.24, 2.45) is 12.8 Å². The largest absolute Gasteiger partial charge is 0.384 e. The molecule has 17 heavy (non-hydrogen) atoms. The third-order valence-corrected chi connectivity index (χ3v) is 3.78. The van der Waals surface area contributed by atoms with Crippen LogP contribution < -0.4 is 5.73 Å². The molecule has 6 nitrogen and oxygen atoms in total. The van der Waals surface area contributed by atoms with Crippen molar-refractivity contribution in [3.05, 3.63) is 28.2 Å². The number of hydrogen-bond acceptors (Lipinski definition) is 5. The highest BCUT2D eigenvalue weighted by Crippen LogP contribution is 2.31. The van der Waals surface area contributed by atoms with Crippen LogP contribution in [0.4, 0.5) is 0 Å². The number of aromatic nitrogens is 4. The van der Waals surface area contributed by atoms with Crippen molar-refractivity contribution in [1.82, 2.24) is 20.2 Å². The van der Waals surface area contributed by atoms with E-state index in [4.69, 9.17) is 11.1 Å². The molecule has 0 aliphatic heterocycles. The molecule has 0 unspecified atom stereocenters. The first-order chi connectivity index (χ1) is 8.09. The Hall–Kier alpha value is -1.41. The highest BCUT2D eigenvalue weighted by atomic mass is 79.9. The molecule has 0 radical (unpaired) electrons. The SMILES string of the molecule is Cn1nnnc1Sc1cccc(Br)c1C(=N)N. The van der Waals surface area contributed by atoms with Crippen LogP contribution in [-0.2, 0) is 7.05 Å². The van der Waals surface area contributed by atoms with Gasteiger partial charge >= 0.3 is 0 Å². The van der Waals surface area contributed by atoms with Crippen molar-refractivity contribution in [1.29, 1.82) is 5.41 Å². The lowest BCUT2D eigenvalue weighted by atomic mass is 10.2. The molecular weight excluding hydrogens is 304 g/mol. The molecule has 0 bridgehead atoms. The predicted octanol–water partition coefficient (Wildman–Crippen LogP) is 1.41. The van der Waals surface area contributed by atoms with Crippen LogP contribution in [0.25, 0.3) is 0 Å². The molecule has 0 atom stereocenters. The van der Waals surface area contributed by atoms with Crippen molar-refractivity contribution in [2.75, 3.05) is 0 Å². The number of nitrogens with zero attached hydrogens (tertiary/aromatic N) is 4. The summed E-state index contributed by atoms with van der Waals surface area (Å²) in [6.07, 6.45) is 0. The smallest absolute Gasteiger partial charge is 0.213 e. The minimum absolute atomic E-state index is 0.00935. The number of halogens is 1. The standard InChI is InChI=1S/C9H9BrN6S/c1-16-9(13-14-15-16)17-6-4-2-3-5(10)7(6)8(11)12/h2-4H,1H3,(H3,11,12). The van der Waals surface area contributed by atoms with E-state index in [-0.39, 0.29) is 5.84 Å². The van der Waals surface area contributed by atoms with Crippen LogP contribution in [0.3, 0.4) is 0 Å². The van der Waals surface area contributed by atoms with Gasteiger partial charge in [0.15, 0.2) is 0 Å². The van der Waals surface area contributed by atoms with Crippen LogP contribution in [0.2, 0.25) is 0 Å². The van der Waals surface area contributed by atoms with Gasteiger partial charge in [-0.1, -0.05) is 6.07 Å². The normalized spacial score (nSPS) is 10.5. The molecule has 3 N–H and O–H groups in total. The molecule has 0 saturated carbocycles. The summed E-state index contributed by atoms with van der Waals surface area (Å²) in [6.45, 7) is 0. The highest BCUT2D eigenvalue weighted by Gasteiger charge is 2.13. The zero-order valence-electron chi connectivity index (χ0n) is 8.88. The molecule has 0 amide bonds. The fourth-order valence-corrected chi connectivity index (χ4v) is 2.88. The lowest BCUT2D eigenvalue weighted by Gasteiger charge is -2.08. The van der Waals surface area contributed by atoms with Gasteiger partial charge in [-0.05, 0) is 50.3 Å². The van der Waals surface area contributed by atoms with Gasteiger partial charge < -0.3 is 5.73 Å². The topological polar surface area (TPSA) is 93.5 Å². The Morgan fingerprint density at radius 2 is 2.29 bits per heavy atom. The van der Waals surface area contributed by atoms with Gasteiger partial charge in [-0.2, -0.15) is 0 Å². The maximum Gasteiger partial charge on any atom is 0.213 e. The molecule has 0 spiro atoms. The summed E-state index contributed by atoms with van der Waals surface area (Å²) < 4.78 is 2.35. The summed E-state index contributed by atoms with van der Waals surface area (Å²) in [5.74, 6) is 0.00935. The van der Waals surface area contributed by atoms with E-state index < -0.39 is 0 Å². The summed E-state index contributed by atoms with van der Waals surface area (Å²) in [5.41, 5.74) is 6.22. The van der Waals surface area contributed by atoms with Crippen LogP contribution in [0.5, 0.6) is 0 Å². The zero-order valence-corrected chi connectivity index (χ0v) is 11.3. The van der Waals surface area contributed by atoms with Gasteiger partial charge in [-0.15, -0.1) is 5.10 Å². The molecule has 0 aliphatic carbocycles. The molecule has 1 aromatic heterocycles. The van der Waals surface area contributed by atoms with Gasteiger partial charge in [-0.3, -0.25) is 5.41 Å². The van der Waals surface area contributed by atoms with E-state index in [9.17, 15) is 0 Å².